The Morgan fingerprint density at radius 3 is 2.54 bits per heavy atom. The van der Waals surface area contributed by atoms with Crippen LogP contribution in [0.15, 0.2) is 71.6 Å². The molecule has 26 heavy (non-hydrogen) atoms. The highest BCUT2D eigenvalue weighted by Gasteiger charge is 2.20. The molecular formula is C22H23NO2S. The first-order chi connectivity index (χ1) is 12.7. The first-order valence-electron chi connectivity index (χ1n) is 8.90. The zero-order valence-corrected chi connectivity index (χ0v) is 15.9. The number of anilines is 1. The summed E-state index contributed by atoms with van der Waals surface area (Å²) >= 11 is 1.71. The average Bonchev–Trinajstić information content (AvgIpc) is 2.67. The van der Waals surface area contributed by atoms with Crippen LogP contribution in [-0.4, -0.2) is 17.8 Å². The van der Waals surface area contributed by atoms with Crippen molar-refractivity contribution in [2.24, 2.45) is 0 Å². The van der Waals surface area contributed by atoms with Crippen LogP contribution in [0, 0.1) is 0 Å². The van der Waals surface area contributed by atoms with Crippen molar-refractivity contribution in [3.63, 3.8) is 0 Å². The van der Waals surface area contributed by atoms with Crippen molar-refractivity contribution in [1.29, 1.82) is 0 Å². The normalized spacial score (nSPS) is 11.9. The third kappa shape index (κ3) is 4.20. The van der Waals surface area contributed by atoms with Gasteiger partial charge < -0.3 is 10.1 Å². The van der Waals surface area contributed by atoms with Gasteiger partial charge in [-0.1, -0.05) is 62.4 Å². The Labute approximate surface area is 158 Å². The van der Waals surface area contributed by atoms with Crippen molar-refractivity contribution < 1.29 is 9.53 Å². The molecule has 0 aromatic heterocycles. The van der Waals surface area contributed by atoms with Gasteiger partial charge in [-0.3, -0.25) is 4.79 Å². The molecule has 0 spiro atoms. The van der Waals surface area contributed by atoms with Crippen molar-refractivity contribution in [3.05, 3.63) is 66.7 Å². The number of fused-ring (bicyclic) bond motifs is 1. The Kier molecular flexibility index (Phi) is 6.18. The largest absolute Gasteiger partial charge is 0.480 e. The molecule has 0 aliphatic rings. The highest BCUT2D eigenvalue weighted by Crippen LogP contribution is 2.29. The minimum atomic E-state index is -0.541. The van der Waals surface area contributed by atoms with Crippen LogP contribution >= 0.6 is 11.8 Å². The molecule has 0 aliphatic carbocycles. The topological polar surface area (TPSA) is 38.3 Å². The summed E-state index contributed by atoms with van der Waals surface area (Å²) in [5, 5.41) is 5.15. The number of para-hydroxylation sites is 1. The van der Waals surface area contributed by atoms with Crippen LogP contribution in [0.25, 0.3) is 10.8 Å². The minimum Gasteiger partial charge on any atom is -0.480 e. The van der Waals surface area contributed by atoms with E-state index in [0.29, 0.717) is 6.42 Å². The Balaban J connectivity index is 1.79. The second-order valence-electron chi connectivity index (χ2n) is 5.91. The summed E-state index contributed by atoms with van der Waals surface area (Å²) in [5.41, 5.74) is 0.837. The van der Waals surface area contributed by atoms with Crippen molar-refractivity contribution in [1.82, 2.24) is 0 Å². The van der Waals surface area contributed by atoms with E-state index in [9.17, 15) is 4.79 Å². The van der Waals surface area contributed by atoms with Gasteiger partial charge in [0.15, 0.2) is 6.10 Å². The quantitative estimate of drug-likeness (QED) is 0.542. The van der Waals surface area contributed by atoms with Crippen LogP contribution in [0.3, 0.4) is 0 Å². The number of carbonyl (C=O) groups is 1. The molecule has 0 saturated heterocycles. The lowest BCUT2D eigenvalue weighted by atomic mass is 10.1. The zero-order chi connectivity index (χ0) is 18.4. The molecule has 3 rings (SSSR count). The van der Waals surface area contributed by atoms with Gasteiger partial charge in [0.2, 0.25) is 0 Å². The van der Waals surface area contributed by atoms with Crippen LogP contribution < -0.4 is 10.1 Å². The second kappa shape index (κ2) is 8.77. The van der Waals surface area contributed by atoms with Crippen molar-refractivity contribution in [3.8, 4) is 5.75 Å². The van der Waals surface area contributed by atoms with E-state index in [1.165, 1.54) is 0 Å². The maximum atomic E-state index is 12.8. The monoisotopic (exact) mass is 365 g/mol. The summed E-state index contributed by atoms with van der Waals surface area (Å²) in [6, 6.07) is 21.8. The van der Waals surface area contributed by atoms with Gasteiger partial charge in [0, 0.05) is 10.3 Å². The second-order valence-corrected chi connectivity index (χ2v) is 7.22. The number of ether oxygens (including phenoxy) is 1. The van der Waals surface area contributed by atoms with E-state index in [-0.39, 0.29) is 5.91 Å². The van der Waals surface area contributed by atoms with Gasteiger partial charge in [-0.2, -0.15) is 0 Å². The third-order valence-electron chi connectivity index (χ3n) is 4.13. The summed E-state index contributed by atoms with van der Waals surface area (Å²) in [4.78, 5) is 13.9. The van der Waals surface area contributed by atoms with Gasteiger partial charge in [0.05, 0.1) is 5.69 Å². The van der Waals surface area contributed by atoms with E-state index in [4.69, 9.17) is 4.74 Å². The maximum absolute atomic E-state index is 12.8. The fourth-order valence-corrected chi connectivity index (χ4v) is 3.60. The lowest BCUT2D eigenvalue weighted by molar-refractivity contribution is -0.122. The van der Waals surface area contributed by atoms with Crippen LogP contribution in [0.5, 0.6) is 5.75 Å². The van der Waals surface area contributed by atoms with Gasteiger partial charge in [-0.05, 0) is 35.8 Å². The van der Waals surface area contributed by atoms with Gasteiger partial charge in [0.1, 0.15) is 5.75 Å². The SMILES string of the molecule is CCSc1ccccc1NC(=O)C(CC)Oc1cccc2ccccc12. The van der Waals surface area contributed by atoms with E-state index < -0.39 is 6.10 Å². The molecule has 0 saturated carbocycles. The number of hydrogen-bond acceptors (Lipinski definition) is 3. The average molecular weight is 365 g/mol. The highest BCUT2D eigenvalue weighted by molar-refractivity contribution is 7.99. The fourth-order valence-electron chi connectivity index (χ4n) is 2.84. The van der Waals surface area contributed by atoms with Crippen LogP contribution in [0.2, 0.25) is 0 Å². The predicted molar refractivity (Wildman–Crippen MR) is 110 cm³/mol. The van der Waals surface area contributed by atoms with Crippen LogP contribution in [0.1, 0.15) is 20.3 Å². The molecule has 0 bridgehead atoms. The van der Waals surface area contributed by atoms with E-state index >= 15 is 0 Å². The number of amides is 1. The molecular weight excluding hydrogens is 342 g/mol. The molecule has 3 aromatic carbocycles. The molecule has 1 N–H and O–H groups in total. The molecule has 1 unspecified atom stereocenters. The Hall–Kier alpha value is -2.46. The molecule has 0 aliphatic heterocycles. The molecule has 3 aromatic rings. The Bertz CT molecular complexity index is 889. The van der Waals surface area contributed by atoms with Crippen molar-refractivity contribution in [2.45, 2.75) is 31.3 Å². The van der Waals surface area contributed by atoms with Crippen molar-refractivity contribution >= 4 is 34.1 Å². The highest BCUT2D eigenvalue weighted by atomic mass is 32.2. The Morgan fingerprint density at radius 1 is 1.00 bits per heavy atom. The number of thioether (sulfide) groups is 1. The van der Waals surface area contributed by atoms with Crippen LogP contribution in [-0.2, 0) is 4.79 Å². The van der Waals surface area contributed by atoms with E-state index in [2.05, 4.69) is 12.2 Å². The van der Waals surface area contributed by atoms with Crippen molar-refractivity contribution in [2.75, 3.05) is 11.1 Å². The first kappa shape index (κ1) is 18.3. The molecule has 1 atom stereocenters. The van der Waals surface area contributed by atoms with Gasteiger partial charge in [0.25, 0.3) is 5.91 Å². The molecule has 0 heterocycles. The van der Waals surface area contributed by atoms with E-state index in [1.807, 2.05) is 73.7 Å². The first-order valence-corrected chi connectivity index (χ1v) is 9.88. The predicted octanol–water partition coefficient (Wildman–Crippen LogP) is 5.75. The summed E-state index contributed by atoms with van der Waals surface area (Å²) in [5.74, 6) is 1.57. The van der Waals surface area contributed by atoms with Gasteiger partial charge in [-0.15, -0.1) is 11.8 Å². The number of nitrogens with one attached hydrogen (secondary N) is 1. The minimum absolute atomic E-state index is 0.121. The maximum Gasteiger partial charge on any atom is 0.265 e. The van der Waals surface area contributed by atoms with Gasteiger partial charge in [-0.25, -0.2) is 0 Å². The Morgan fingerprint density at radius 2 is 1.73 bits per heavy atom. The molecule has 1 amide bonds. The molecule has 3 nitrogen and oxygen atoms in total. The summed E-state index contributed by atoms with van der Waals surface area (Å²) in [6.45, 7) is 4.06. The number of rotatable bonds is 7. The molecule has 0 fully saturated rings. The number of hydrogen-bond donors (Lipinski definition) is 1. The molecule has 134 valence electrons. The summed E-state index contributed by atoms with van der Waals surface area (Å²) < 4.78 is 6.09. The summed E-state index contributed by atoms with van der Waals surface area (Å²) in [7, 11) is 0. The van der Waals surface area contributed by atoms with E-state index in [0.717, 1.165) is 32.9 Å². The number of benzene rings is 3. The standard InChI is InChI=1S/C22H23NO2S/c1-3-19(22(24)23-18-13-7-8-15-21(18)26-4-2)25-20-14-9-11-16-10-5-6-12-17(16)20/h5-15,19H,3-4H2,1-2H3,(H,23,24). The smallest absolute Gasteiger partial charge is 0.265 e. The molecule has 0 radical (unpaired) electrons. The third-order valence-corrected chi connectivity index (χ3v) is 5.08. The number of carbonyl (C=O) groups excluding carboxylic acids is 1. The van der Waals surface area contributed by atoms with E-state index in [1.54, 1.807) is 11.8 Å². The zero-order valence-electron chi connectivity index (χ0n) is 15.1. The lowest BCUT2D eigenvalue weighted by Crippen LogP contribution is -2.32. The van der Waals surface area contributed by atoms with Gasteiger partial charge >= 0.3 is 0 Å². The molecule has 4 heteroatoms. The fraction of sp³-hybridized carbons (Fsp3) is 0.227. The van der Waals surface area contributed by atoms with Crippen LogP contribution in [0.4, 0.5) is 5.69 Å². The summed E-state index contributed by atoms with van der Waals surface area (Å²) in [6.07, 6.45) is 0.0542. The lowest BCUT2D eigenvalue weighted by Gasteiger charge is -2.19.